The van der Waals surface area contributed by atoms with E-state index in [-0.39, 0.29) is 0 Å². The molecule has 8 aromatic carbocycles. The zero-order valence-corrected chi connectivity index (χ0v) is 29.9. The van der Waals surface area contributed by atoms with Crippen molar-refractivity contribution >= 4 is 104 Å². The number of benzene rings is 8. The molecule has 0 N–H and O–H groups in total. The van der Waals surface area contributed by atoms with Gasteiger partial charge in [0.15, 0.2) is 7.28 Å². The zero-order chi connectivity index (χ0) is 35.5. The molecule has 0 saturated heterocycles. The highest BCUT2D eigenvalue weighted by molar-refractivity contribution is 7.99. The van der Waals surface area contributed by atoms with Crippen LogP contribution in [0.5, 0.6) is 0 Å². The second-order valence-corrected chi connectivity index (χ2v) is 15.3. The van der Waals surface area contributed by atoms with Crippen molar-refractivity contribution in [3.05, 3.63) is 170 Å². The van der Waals surface area contributed by atoms with Crippen molar-refractivity contribution in [3.8, 4) is 22.5 Å². The van der Waals surface area contributed by atoms with E-state index < -0.39 is 0 Å². The van der Waals surface area contributed by atoms with E-state index in [1.165, 1.54) is 59.3 Å². The Kier molecular flexibility index (Phi) is 6.32. The molecule has 0 spiro atoms. The van der Waals surface area contributed by atoms with Crippen molar-refractivity contribution in [2.45, 2.75) is 9.79 Å². The van der Waals surface area contributed by atoms with Crippen LogP contribution in [0.15, 0.2) is 180 Å². The van der Waals surface area contributed by atoms with Crippen LogP contribution in [0, 0.1) is 0 Å². The van der Waals surface area contributed by atoms with Crippen molar-refractivity contribution in [2.75, 3.05) is 4.90 Å². The molecule has 12 rings (SSSR count). The first-order chi connectivity index (χ1) is 26.7. The van der Waals surface area contributed by atoms with E-state index in [0.29, 0.717) is 0 Å². The summed E-state index contributed by atoms with van der Waals surface area (Å²) in [5, 5.41) is 4.86. The predicted molar refractivity (Wildman–Crippen MR) is 230 cm³/mol. The summed E-state index contributed by atoms with van der Waals surface area (Å²) in [6, 6.07) is 61.6. The molecule has 0 atom stereocenters. The molecule has 2 aliphatic rings. The molecule has 0 bridgehead atoms. The molecule has 0 unspecified atom stereocenters. The summed E-state index contributed by atoms with van der Waals surface area (Å²) in [6.45, 7) is 0. The maximum Gasteiger partial charge on any atom is 0.199 e. The molecule has 10 aromatic rings. The van der Waals surface area contributed by atoms with Gasteiger partial charge in [-0.15, -0.1) is 0 Å². The largest absolute Gasteiger partial charge is 0.310 e. The van der Waals surface area contributed by atoms with E-state index in [1.807, 2.05) is 17.8 Å². The maximum absolute atomic E-state index is 6.89. The quantitative estimate of drug-likeness (QED) is 0.170. The lowest BCUT2D eigenvalue weighted by Gasteiger charge is -2.33. The summed E-state index contributed by atoms with van der Waals surface area (Å²) in [5.41, 5.74) is 15.8. The molecular formula is C48H28B2N3S. The Bertz CT molecular complexity index is 3150. The normalized spacial score (nSPS) is 12.9. The Balaban J connectivity index is 1.13. The number of fused-ring (bicyclic) bond motifs is 10. The summed E-state index contributed by atoms with van der Waals surface area (Å²) in [4.78, 5) is 4.90. The molecule has 2 aromatic heterocycles. The lowest BCUT2D eigenvalue weighted by Crippen LogP contribution is -2.38. The van der Waals surface area contributed by atoms with Crippen LogP contribution in [-0.2, 0) is 0 Å². The lowest BCUT2D eigenvalue weighted by molar-refractivity contribution is 1.15. The summed E-state index contributed by atoms with van der Waals surface area (Å²) < 4.78 is 4.87. The molecule has 3 nitrogen and oxygen atoms in total. The van der Waals surface area contributed by atoms with E-state index in [2.05, 4.69) is 185 Å². The third kappa shape index (κ3) is 4.17. The third-order valence-corrected chi connectivity index (χ3v) is 12.4. The Hall–Kier alpha value is -6.36. The topological polar surface area (TPSA) is 13.1 Å². The molecule has 4 heterocycles. The number of aromatic nitrogens is 2. The van der Waals surface area contributed by atoms with Crippen LogP contribution in [0.25, 0.3) is 66.1 Å². The van der Waals surface area contributed by atoms with Crippen molar-refractivity contribution in [2.24, 2.45) is 0 Å². The van der Waals surface area contributed by atoms with Crippen LogP contribution in [0.4, 0.5) is 17.1 Å². The number of nitrogens with zero attached hydrogens (tertiary/aromatic N) is 3. The van der Waals surface area contributed by atoms with Gasteiger partial charge in [-0.2, -0.15) is 0 Å². The van der Waals surface area contributed by atoms with Crippen LogP contribution in [0.3, 0.4) is 0 Å². The molecule has 2 aliphatic heterocycles. The summed E-state index contributed by atoms with van der Waals surface area (Å²) in [5.74, 6) is 0. The van der Waals surface area contributed by atoms with Crippen molar-refractivity contribution in [3.63, 3.8) is 0 Å². The first kappa shape index (κ1) is 30.1. The third-order valence-electron chi connectivity index (χ3n) is 11.3. The molecular weight excluding hydrogens is 672 g/mol. The Morgan fingerprint density at radius 3 is 1.65 bits per heavy atom. The highest BCUT2D eigenvalue weighted by atomic mass is 32.2. The number of hydrogen-bond acceptors (Lipinski definition) is 2. The minimum absolute atomic E-state index is 0.762. The second kappa shape index (κ2) is 11.3. The first-order valence-corrected chi connectivity index (χ1v) is 19.1. The molecule has 0 saturated carbocycles. The van der Waals surface area contributed by atoms with Gasteiger partial charge in [0.05, 0.1) is 22.4 Å². The second-order valence-electron chi connectivity index (χ2n) is 14.2. The van der Waals surface area contributed by atoms with Crippen molar-refractivity contribution in [1.82, 2.24) is 9.13 Å². The molecule has 6 heteroatoms. The molecule has 0 amide bonds. The molecule has 54 heavy (non-hydrogen) atoms. The van der Waals surface area contributed by atoms with E-state index in [9.17, 15) is 0 Å². The highest BCUT2D eigenvalue weighted by Crippen LogP contribution is 2.51. The van der Waals surface area contributed by atoms with E-state index in [1.54, 1.807) is 0 Å². The fourth-order valence-electron chi connectivity index (χ4n) is 8.96. The van der Waals surface area contributed by atoms with Gasteiger partial charge < -0.3 is 14.0 Å². The standard InChI is InChI=1S/C48H28B2N3S/c49-36-15-9-13-34-32-11-1-3-17-38(32)52(47(34)36)42-27-30(28-43-46(42)50-37-16-10-14-35-33-12-2-4-18-39(33)53(43)48(35)37)29-23-25-31(26-24-29)51-40-19-5-7-21-44(40)54-45-22-8-6-20-41(45)51/h1-28H. The van der Waals surface area contributed by atoms with Crippen LogP contribution < -0.4 is 21.3 Å². The number of anilines is 3. The van der Waals surface area contributed by atoms with Gasteiger partial charge in [0, 0.05) is 59.4 Å². The molecule has 3 radical (unpaired) electrons. The lowest BCUT2D eigenvalue weighted by atomic mass is 9.60. The van der Waals surface area contributed by atoms with Crippen LogP contribution in [0.1, 0.15) is 0 Å². The van der Waals surface area contributed by atoms with Gasteiger partial charge in [-0.25, -0.2) is 0 Å². The van der Waals surface area contributed by atoms with Gasteiger partial charge in [-0.05, 0) is 77.3 Å². The van der Waals surface area contributed by atoms with Gasteiger partial charge in [0.25, 0.3) is 0 Å². The van der Waals surface area contributed by atoms with Crippen LogP contribution in [0.2, 0.25) is 0 Å². The van der Waals surface area contributed by atoms with Gasteiger partial charge in [-0.3, -0.25) is 0 Å². The van der Waals surface area contributed by atoms with Gasteiger partial charge >= 0.3 is 0 Å². The Morgan fingerprint density at radius 1 is 0.444 bits per heavy atom. The maximum atomic E-state index is 6.89. The minimum Gasteiger partial charge on any atom is -0.310 e. The fourth-order valence-corrected chi connectivity index (χ4v) is 10.0. The highest BCUT2D eigenvalue weighted by Gasteiger charge is 2.28. The average Bonchev–Trinajstić information content (AvgIpc) is 3.75. The van der Waals surface area contributed by atoms with Crippen LogP contribution in [-0.4, -0.2) is 24.3 Å². The molecule has 247 valence electrons. The van der Waals surface area contributed by atoms with Gasteiger partial charge in [0.2, 0.25) is 0 Å². The minimum atomic E-state index is 0.762. The number of hydrogen-bond donors (Lipinski definition) is 0. The Labute approximate surface area is 318 Å². The average molecular weight is 700 g/mol. The van der Waals surface area contributed by atoms with Crippen molar-refractivity contribution in [1.29, 1.82) is 0 Å². The monoisotopic (exact) mass is 700 g/mol. The van der Waals surface area contributed by atoms with Crippen molar-refractivity contribution < 1.29 is 0 Å². The fraction of sp³-hybridized carbons (Fsp3) is 0. The number of rotatable bonds is 3. The zero-order valence-electron chi connectivity index (χ0n) is 29.1. The summed E-state index contributed by atoms with van der Waals surface area (Å²) in [6.07, 6.45) is 0. The Morgan fingerprint density at radius 2 is 0.981 bits per heavy atom. The molecule has 0 fully saturated rings. The summed E-state index contributed by atoms with van der Waals surface area (Å²) >= 11 is 1.83. The van der Waals surface area contributed by atoms with Crippen LogP contribution >= 0.6 is 11.8 Å². The summed E-state index contributed by atoms with van der Waals surface area (Å²) in [7, 11) is 9.27. The van der Waals surface area contributed by atoms with Gasteiger partial charge in [-0.1, -0.05) is 132 Å². The first-order valence-electron chi connectivity index (χ1n) is 18.3. The van der Waals surface area contributed by atoms with E-state index in [0.717, 1.165) is 50.1 Å². The number of para-hydroxylation sites is 6. The van der Waals surface area contributed by atoms with Gasteiger partial charge in [0.1, 0.15) is 7.85 Å². The smallest absolute Gasteiger partial charge is 0.199 e. The molecule has 0 aliphatic carbocycles. The van der Waals surface area contributed by atoms with E-state index >= 15 is 0 Å². The predicted octanol–water partition coefficient (Wildman–Crippen LogP) is 10.2. The SMILES string of the molecule is [B]c1cccc2c3ccccc3n(-c3cc(-c4ccc(N5c6ccccc6Sc6ccccc65)cc4)cc4c3[B]c3cccc5c6ccccc6n-4c35)c12. The van der Waals surface area contributed by atoms with E-state index in [4.69, 9.17) is 7.85 Å².